The average molecular weight is 196 g/mol. The Kier molecular flexibility index (Phi) is 2.47. The van der Waals surface area contributed by atoms with E-state index in [9.17, 15) is 4.79 Å². The zero-order chi connectivity index (χ0) is 9.26. The number of ketones is 1. The topological polar surface area (TPSA) is 26.3 Å². The van der Waals surface area contributed by atoms with Crippen molar-refractivity contribution in [3.05, 3.63) is 21.9 Å². The molecule has 1 saturated heterocycles. The van der Waals surface area contributed by atoms with Crippen molar-refractivity contribution in [2.24, 2.45) is 5.92 Å². The van der Waals surface area contributed by atoms with E-state index in [0.717, 1.165) is 24.2 Å². The van der Waals surface area contributed by atoms with Gasteiger partial charge in [0.15, 0.2) is 5.78 Å². The fraction of sp³-hybridized carbons (Fsp3) is 0.500. The SMILES string of the molecule is Cc1cscc1C(=O)C1CCOC1. The predicted octanol–water partition coefficient (Wildman–Crippen LogP) is 2.28. The Morgan fingerprint density at radius 3 is 3.00 bits per heavy atom. The lowest BCUT2D eigenvalue weighted by molar-refractivity contribution is 0.0900. The normalized spacial score (nSPS) is 22.1. The zero-order valence-electron chi connectivity index (χ0n) is 7.58. The molecule has 0 saturated carbocycles. The van der Waals surface area contributed by atoms with Crippen LogP contribution in [0.1, 0.15) is 22.3 Å². The molecule has 1 atom stereocenters. The third-order valence-electron chi connectivity index (χ3n) is 2.42. The number of hydrogen-bond acceptors (Lipinski definition) is 3. The zero-order valence-corrected chi connectivity index (χ0v) is 8.39. The molecule has 2 heterocycles. The molecule has 0 aromatic carbocycles. The number of ether oxygens (including phenoxy) is 1. The number of Topliss-reactive ketones (excluding diaryl/α,β-unsaturated/α-hetero) is 1. The summed E-state index contributed by atoms with van der Waals surface area (Å²) in [5.74, 6) is 0.365. The van der Waals surface area contributed by atoms with E-state index >= 15 is 0 Å². The highest BCUT2D eigenvalue weighted by Gasteiger charge is 2.25. The molecule has 2 rings (SSSR count). The second-order valence-corrected chi connectivity index (χ2v) is 4.14. The van der Waals surface area contributed by atoms with Crippen LogP contribution in [0.2, 0.25) is 0 Å². The van der Waals surface area contributed by atoms with Gasteiger partial charge < -0.3 is 4.74 Å². The first kappa shape index (κ1) is 8.91. The van der Waals surface area contributed by atoms with E-state index in [0.29, 0.717) is 6.61 Å². The van der Waals surface area contributed by atoms with Crippen LogP contribution >= 0.6 is 11.3 Å². The number of carbonyl (C=O) groups is 1. The molecular weight excluding hydrogens is 184 g/mol. The molecule has 70 valence electrons. The van der Waals surface area contributed by atoms with Crippen molar-refractivity contribution in [3.63, 3.8) is 0 Å². The van der Waals surface area contributed by atoms with Gasteiger partial charge in [-0.3, -0.25) is 4.79 Å². The monoisotopic (exact) mass is 196 g/mol. The van der Waals surface area contributed by atoms with Crippen LogP contribution in [0.15, 0.2) is 10.8 Å². The Morgan fingerprint density at radius 1 is 1.62 bits per heavy atom. The molecule has 1 aromatic rings. The summed E-state index contributed by atoms with van der Waals surface area (Å²) < 4.78 is 5.20. The van der Waals surface area contributed by atoms with Crippen LogP contribution in [0.3, 0.4) is 0 Å². The first-order valence-electron chi connectivity index (χ1n) is 4.44. The quantitative estimate of drug-likeness (QED) is 0.678. The van der Waals surface area contributed by atoms with E-state index in [1.54, 1.807) is 11.3 Å². The Labute approximate surface area is 81.5 Å². The van der Waals surface area contributed by atoms with Gasteiger partial charge >= 0.3 is 0 Å². The maximum atomic E-state index is 11.9. The minimum absolute atomic E-state index is 0.105. The van der Waals surface area contributed by atoms with Gasteiger partial charge in [-0.2, -0.15) is 11.3 Å². The molecule has 1 aliphatic heterocycles. The Balaban J connectivity index is 2.17. The first-order chi connectivity index (χ1) is 6.29. The lowest BCUT2D eigenvalue weighted by atomic mass is 9.97. The molecular formula is C10H12O2S. The van der Waals surface area contributed by atoms with Crippen LogP contribution in [0, 0.1) is 12.8 Å². The van der Waals surface area contributed by atoms with E-state index < -0.39 is 0 Å². The summed E-state index contributed by atoms with van der Waals surface area (Å²) >= 11 is 1.59. The van der Waals surface area contributed by atoms with Crippen molar-refractivity contribution in [3.8, 4) is 0 Å². The fourth-order valence-corrected chi connectivity index (χ4v) is 2.41. The second kappa shape index (κ2) is 3.60. The Hall–Kier alpha value is -0.670. The van der Waals surface area contributed by atoms with Crippen LogP contribution < -0.4 is 0 Å². The van der Waals surface area contributed by atoms with Gasteiger partial charge in [-0.05, 0) is 24.3 Å². The van der Waals surface area contributed by atoms with Crippen molar-refractivity contribution < 1.29 is 9.53 Å². The van der Waals surface area contributed by atoms with Gasteiger partial charge in [0.25, 0.3) is 0 Å². The largest absolute Gasteiger partial charge is 0.381 e. The third-order valence-corrected chi connectivity index (χ3v) is 3.28. The van der Waals surface area contributed by atoms with Crippen molar-refractivity contribution in [1.82, 2.24) is 0 Å². The van der Waals surface area contributed by atoms with Crippen LogP contribution in [0.5, 0.6) is 0 Å². The van der Waals surface area contributed by atoms with Gasteiger partial charge in [-0.25, -0.2) is 0 Å². The summed E-state index contributed by atoms with van der Waals surface area (Å²) in [6, 6.07) is 0. The molecule has 0 spiro atoms. The fourth-order valence-electron chi connectivity index (χ4n) is 1.57. The Morgan fingerprint density at radius 2 is 2.46 bits per heavy atom. The molecule has 0 N–H and O–H groups in total. The molecule has 0 radical (unpaired) electrons. The van der Waals surface area contributed by atoms with Crippen molar-refractivity contribution in [1.29, 1.82) is 0 Å². The molecule has 0 amide bonds. The maximum absolute atomic E-state index is 11.9. The standard InChI is InChI=1S/C10H12O2S/c1-7-5-13-6-9(7)10(11)8-2-3-12-4-8/h5-6,8H,2-4H2,1H3. The molecule has 1 aromatic heterocycles. The third kappa shape index (κ3) is 1.67. The highest BCUT2D eigenvalue weighted by molar-refractivity contribution is 7.08. The Bertz CT molecular complexity index is 310. The van der Waals surface area contributed by atoms with E-state index in [1.807, 2.05) is 17.7 Å². The van der Waals surface area contributed by atoms with Gasteiger partial charge in [0.05, 0.1) is 6.61 Å². The van der Waals surface area contributed by atoms with E-state index in [2.05, 4.69) is 0 Å². The highest BCUT2D eigenvalue weighted by atomic mass is 32.1. The summed E-state index contributed by atoms with van der Waals surface area (Å²) in [5, 5.41) is 3.96. The van der Waals surface area contributed by atoms with E-state index in [1.165, 1.54) is 0 Å². The first-order valence-corrected chi connectivity index (χ1v) is 5.38. The minimum atomic E-state index is 0.105. The second-order valence-electron chi connectivity index (χ2n) is 3.39. The number of aryl methyl sites for hydroxylation is 1. The van der Waals surface area contributed by atoms with Crippen molar-refractivity contribution in [2.75, 3.05) is 13.2 Å². The predicted molar refractivity (Wildman–Crippen MR) is 52.3 cm³/mol. The van der Waals surface area contributed by atoms with Crippen LogP contribution in [0.4, 0.5) is 0 Å². The van der Waals surface area contributed by atoms with Gasteiger partial charge in [-0.1, -0.05) is 0 Å². The van der Waals surface area contributed by atoms with Crippen LogP contribution in [-0.4, -0.2) is 19.0 Å². The summed E-state index contributed by atoms with van der Waals surface area (Å²) in [5.41, 5.74) is 1.99. The van der Waals surface area contributed by atoms with Crippen LogP contribution in [0.25, 0.3) is 0 Å². The highest BCUT2D eigenvalue weighted by Crippen LogP contribution is 2.22. The van der Waals surface area contributed by atoms with Crippen LogP contribution in [-0.2, 0) is 4.74 Å². The number of carbonyl (C=O) groups excluding carboxylic acids is 1. The smallest absolute Gasteiger partial charge is 0.169 e. The molecule has 0 bridgehead atoms. The van der Waals surface area contributed by atoms with Crippen molar-refractivity contribution in [2.45, 2.75) is 13.3 Å². The summed E-state index contributed by atoms with van der Waals surface area (Å²) in [6.07, 6.45) is 0.883. The van der Waals surface area contributed by atoms with Crippen molar-refractivity contribution >= 4 is 17.1 Å². The summed E-state index contributed by atoms with van der Waals surface area (Å²) in [6.45, 7) is 3.33. The molecule has 3 heteroatoms. The lowest BCUT2D eigenvalue weighted by Gasteiger charge is -2.04. The number of rotatable bonds is 2. The van der Waals surface area contributed by atoms with E-state index in [-0.39, 0.29) is 11.7 Å². The summed E-state index contributed by atoms with van der Waals surface area (Å²) in [4.78, 5) is 11.9. The van der Waals surface area contributed by atoms with Gasteiger partial charge in [0.2, 0.25) is 0 Å². The average Bonchev–Trinajstić information content (AvgIpc) is 2.72. The van der Waals surface area contributed by atoms with Gasteiger partial charge in [-0.15, -0.1) is 0 Å². The molecule has 13 heavy (non-hydrogen) atoms. The molecule has 2 nitrogen and oxygen atoms in total. The molecule has 1 fully saturated rings. The number of thiophene rings is 1. The van der Waals surface area contributed by atoms with Gasteiger partial charge in [0, 0.05) is 23.5 Å². The maximum Gasteiger partial charge on any atom is 0.169 e. The van der Waals surface area contributed by atoms with E-state index in [4.69, 9.17) is 4.74 Å². The van der Waals surface area contributed by atoms with Gasteiger partial charge in [0.1, 0.15) is 0 Å². The lowest BCUT2D eigenvalue weighted by Crippen LogP contribution is -2.14. The molecule has 1 unspecified atom stereocenters. The molecule has 0 aliphatic carbocycles. The number of hydrogen-bond donors (Lipinski definition) is 0. The summed E-state index contributed by atoms with van der Waals surface area (Å²) in [7, 11) is 0. The molecule has 1 aliphatic rings. The minimum Gasteiger partial charge on any atom is -0.381 e.